The molecule has 1 saturated heterocycles. The maximum atomic E-state index is 13.3. The van der Waals surface area contributed by atoms with Crippen LogP contribution in [0.5, 0.6) is 0 Å². The Morgan fingerprint density at radius 2 is 1.88 bits per heavy atom. The molecule has 1 aliphatic heterocycles. The minimum Gasteiger partial charge on any atom is -0.399 e. The molecular formula is C26H26N4O4. The van der Waals surface area contributed by atoms with Crippen molar-refractivity contribution in [2.24, 2.45) is 5.16 Å². The standard InChI is InChI=1S/C26H26N4O4/c1-34-29-22-14-23(25(32)28-16-24(31)19-6-3-2-4-7-19)30(17-22)26(33)20-11-9-18(10-12-20)21-8-5-13-27-15-21/h2-13,15,23-24,31H,14,16-17H2,1H3,(H,28,32)/b29-22+/t23-,24+/m0/s1. The number of benzene rings is 2. The second kappa shape index (κ2) is 10.7. The number of aliphatic hydroxyl groups is 1. The van der Waals surface area contributed by atoms with Crippen LogP contribution in [0.1, 0.15) is 28.4 Å². The van der Waals surface area contributed by atoms with E-state index >= 15 is 0 Å². The van der Waals surface area contributed by atoms with E-state index in [0.717, 1.165) is 11.1 Å². The average molecular weight is 459 g/mol. The summed E-state index contributed by atoms with van der Waals surface area (Å²) in [5.41, 5.74) is 3.67. The zero-order valence-electron chi connectivity index (χ0n) is 18.8. The summed E-state index contributed by atoms with van der Waals surface area (Å²) in [7, 11) is 1.43. The SMILES string of the molecule is CO/N=C1\C[C@@H](C(=O)NC[C@@H](O)c2ccccc2)N(C(=O)c2ccc(-c3cccnc3)cc2)C1. The summed E-state index contributed by atoms with van der Waals surface area (Å²) in [4.78, 5) is 36.8. The Hall–Kier alpha value is -4.04. The molecule has 2 N–H and O–H groups in total. The molecular weight excluding hydrogens is 432 g/mol. The van der Waals surface area contributed by atoms with E-state index in [-0.39, 0.29) is 31.3 Å². The Morgan fingerprint density at radius 3 is 2.56 bits per heavy atom. The highest BCUT2D eigenvalue weighted by Crippen LogP contribution is 2.23. The molecule has 174 valence electrons. The minimum absolute atomic E-state index is 0.0396. The number of aliphatic hydroxyl groups excluding tert-OH is 1. The Balaban J connectivity index is 1.47. The highest BCUT2D eigenvalue weighted by Gasteiger charge is 2.38. The van der Waals surface area contributed by atoms with Gasteiger partial charge >= 0.3 is 0 Å². The van der Waals surface area contributed by atoms with Crippen molar-refractivity contribution in [3.05, 3.63) is 90.3 Å². The van der Waals surface area contributed by atoms with E-state index in [2.05, 4.69) is 15.5 Å². The Morgan fingerprint density at radius 1 is 1.12 bits per heavy atom. The molecule has 8 nitrogen and oxygen atoms in total. The highest BCUT2D eigenvalue weighted by molar-refractivity contribution is 6.05. The van der Waals surface area contributed by atoms with E-state index in [1.54, 1.807) is 36.7 Å². The van der Waals surface area contributed by atoms with Gasteiger partial charge in [-0.3, -0.25) is 14.6 Å². The third-order valence-electron chi connectivity index (χ3n) is 5.72. The van der Waals surface area contributed by atoms with Gasteiger partial charge in [0.1, 0.15) is 13.2 Å². The number of likely N-dealkylation sites (tertiary alicyclic amines) is 1. The third kappa shape index (κ3) is 5.29. The third-order valence-corrected chi connectivity index (χ3v) is 5.72. The molecule has 4 rings (SSSR count). The molecule has 8 heteroatoms. The molecule has 2 aromatic carbocycles. The summed E-state index contributed by atoms with van der Waals surface area (Å²) in [5.74, 6) is -0.626. The van der Waals surface area contributed by atoms with Crippen LogP contribution in [-0.4, -0.2) is 58.8 Å². The second-order valence-electron chi connectivity index (χ2n) is 7.98. The summed E-state index contributed by atoms with van der Waals surface area (Å²) in [6.45, 7) is 0.230. The molecule has 0 aliphatic carbocycles. The first-order valence-corrected chi connectivity index (χ1v) is 11.0. The number of aromatic nitrogens is 1. The van der Waals surface area contributed by atoms with Crippen LogP contribution in [0.3, 0.4) is 0 Å². The zero-order valence-corrected chi connectivity index (χ0v) is 18.8. The number of pyridine rings is 1. The number of hydrogen-bond acceptors (Lipinski definition) is 6. The topological polar surface area (TPSA) is 104 Å². The maximum Gasteiger partial charge on any atom is 0.254 e. The van der Waals surface area contributed by atoms with E-state index in [0.29, 0.717) is 16.8 Å². The van der Waals surface area contributed by atoms with Crippen LogP contribution in [0.4, 0.5) is 0 Å². The summed E-state index contributed by atoms with van der Waals surface area (Å²) in [6.07, 6.45) is 2.89. The first kappa shape index (κ1) is 23.1. The molecule has 0 saturated carbocycles. The summed E-state index contributed by atoms with van der Waals surface area (Å²) >= 11 is 0. The van der Waals surface area contributed by atoms with E-state index in [1.807, 2.05) is 42.5 Å². The summed E-state index contributed by atoms with van der Waals surface area (Å²) in [6, 6.07) is 19.3. The van der Waals surface area contributed by atoms with Crippen molar-refractivity contribution in [1.82, 2.24) is 15.2 Å². The predicted octanol–water partition coefficient (Wildman–Crippen LogP) is 2.82. The van der Waals surface area contributed by atoms with Crippen molar-refractivity contribution < 1.29 is 19.5 Å². The number of amides is 2. The number of carbonyl (C=O) groups excluding carboxylic acids is 2. The quantitative estimate of drug-likeness (QED) is 0.530. The van der Waals surface area contributed by atoms with Crippen LogP contribution >= 0.6 is 0 Å². The fourth-order valence-corrected chi connectivity index (χ4v) is 3.96. The Bertz CT molecular complexity index is 1150. The molecule has 2 amide bonds. The van der Waals surface area contributed by atoms with Gasteiger partial charge in [0, 0.05) is 30.9 Å². The number of oxime groups is 1. The van der Waals surface area contributed by atoms with Gasteiger partial charge < -0.3 is 20.2 Å². The molecule has 0 spiro atoms. The van der Waals surface area contributed by atoms with Crippen LogP contribution in [0.25, 0.3) is 11.1 Å². The highest BCUT2D eigenvalue weighted by atomic mass is 16.6. The first-order valence-electron chi connectivity index (χ1n) is 11.0. The van der Waals surface area contributed by atoms with Gasteiger partial charge in [-0.25, -0.2) is 0 Å². The number of carbonyl (C=O) groups is 2. The van der Waals surface area contributed by atoms with Gasteiger partial charge in [0.15, 0.2) is 0 Å². The fourth-order valence-electron chi connectivity index (χ4n) is 3.96. The smallest absolute Gasteiger partial charge is 0.254 e. The van der Waals surface area contributed by atoms with Crippen molar-refractivity contribution in [3.63, 3.8) is 0 Å². The summed E-state index contributed by atoms with van der Waals surface area (Å²) < 4.78 is 0. The van der Waals surface area contributed by atoms with Gasteiger partial charge in [0.05, 0.1) is 18.4 Å². The van der Waals surface area contributed by atoms with Crippen molar-refractivity contribution in [1.29, 1.82) is 0 Å². The molecule has 1 aromatic heterocycles. The molecule has 2 atom stereocenters. The molecule has 34 heavy (non-hydrogen) atoms. The Kier molecular flexibility index (Phi) is 7.29. The van der Waals surface area contributed by atoms with Gasteiger partial charge in [-0.05, 0) is 34.9 Å². The molecule has 1 fully saturated rings. The van der Waals surface area contributed by atoms with E-state index in [9.17, 15) is 14.7 Å². The maximum absolute atomic E-state index is 13.3. The number of rotatable bonds is 7. The van der Waals surface area contributed by atoms with Crippen molar-refractivity contribution in [2.45, 2.75) is 18.6 Å². The number of nitrogens with zero attached hydrogens (tertiary/aromatic N) is 3. The summed E-state index contributed by atoms with van der Waals surface area (Å²) in [5, 5.41) is 17.1. The van der Waals surface area contributed by atoms with Crippen LogP contribution in [-0.2, 0) is 9.63 Å². The van der Waals surface area contributed by atoms with Crippen molar-refractivity contribution >= 4 is 17.5 Å². The molecule has 1 aliphatic rings. The van der Waals surface area contributed by atoms with Crippen LogP contribution in [0.2, 0.25) is 0 Å². The second-order valence-corrected chi connectivity index (χ2v) is 7.98. The van der Waals surface area contributed by atoms with Gasteiger partial charge in [0.25, 0.3) is 5.91 Å². The van der Waals surface area contributed by atoms with Crippen LogP contribution < -0.4 is 5.32 Å². The number of nitrogens with one attached hydrogen (secondary N) is 1. The van der Waals surface area contributed by atoms with Gasteiger partial charge in [-0.15, -0.1) is 0 Å². The average Bonchev–Trinajstić information content (AvgIpc) is 3.32. The van der Waals surface area contributed by atoms with E-state index in [4.69, 9.17) is 4.84 Å². The lowest BCUT2D eigenvalue weighted by Crippen LogP contribution is -2.46. The molecule has 0 radical (unpaired) electrons. The molecule has 3 aromatic rings. The first-order chi connectivity index (χ1) is 16.6. The van der Waals surface area contributed by atoms with Gasteiger partial charge in [-0.2, -0.15) is 0 Å². The van der Waals surface area contributed by atoms with E-state index < -0.39 is 12.1 Å². The lowest BCUT2D eigenvalue weighted by Gasteiger charge is -2.24. The lowest BCUT2D eigenvalue weighted by atomic mass is 10.0. The number of hydrogen-bond donors (Lipinski definition) is 2. The molecule has 2 heterocycles. The minimum atomic E-state index is -0.845. The van der Waals surface area contributed by atoms with Gasteiger partial charge in [0.2, 0.25) is 5.91 Å². The lowest BCUT2D eigenvalue weighted by molar-refractivity contribution is -0.125. The largest absolute Gasteiger partial charge is 0.399 e. The van der Waals surface area contributed by atoms with Gasteiger partial charge in [-0.1, -0.05) is 53.7 Å². The Labute approximate surface area is 197 Å². The zero-order chi connectivity index (χ0) is 23.9. The van der Waals surface area contributed by atoms with Crippen molar-refractivity contribution in [2.75, 3.05) is 20.2 Å². The van der Waals surface area contributed by atoms with Crippen molar-refractivity contribution in [3.8, 4) is 11.1 Å². The molecule has 0 unspecified atom stereocenters. The normalized spacial score (nSPS) is 17.4. The van der Waals surface area contributed by atoms with Crippen LogP contribution in [0, 0.1) is 0 Å². The molecule has 0 bridgehead atoms. The fraction of sp³-hybridized carbons (Fsp3) is 0.231. The van der Waals surface area contributed by atoms with E-state index in [1.165, 1.54) is 12.0 Å². The monoisotopic (exact) mass is 458 g/mol. The predicted molar refractivity (Wildman–Crippen MR) is 128 cm³/mol. The van der Waals surface area contributed by atoms with Crippen LogP contribution in [0.15, 0.2) is 84.3 Å².